The number of aliphatic carboxylic acids is 2. The van der Waals surface area contributed by atoms with Crippen LogP contribution in [-0.4, -0.2) is 52.5 Å². The lowest BCUT2D eigenvalue weighted by Gasteiger charge is -2.32. The summed E-state index contributed by atoms with van der Waals surface area (Å²) >= 11 is 0. The van der Waals surface area contributed by atoms with E-state index in [0.717, 1.165) is 0 Å². The molecule has 0 rings (SSSR count). The number of nitrogens with one attached hydrogen (secondary N) is 2. The molecular formula is C16H27N3O7. The van der Waals surface area contributed by atoms with E-state index in [1.54, 1.807) is 0 Å². The largest absolute Gasteiger partial charge is 0.481 e. The number of carbonyl (C=O) groups is 5. The van der Waals surface area contributed by atoms with Gasteiger partial charge in [0, 0.05) is 11.8 Å². The second-order valence-corrected chi connectivity index (χ2v) is 7.40. The Morgan fingerprint density at radius 1 is 1.00 bits per heavy atom. The van der Waals surface area contributed by atoms with Crippen molar-refractivity contribution in [1.29, 1.82) is 0 Å². The molecule has 0 aliphatic carbocycles. The maximum Gasteiger partial charge on any atom is 0.326 e. The average molecular weight is 373 g/mol. The Balaban J connectivity index is 4.86. The van der Waals surface area contributed by atoms with Crippen molar-refractivity contribution in [1.82, 2.24) is 10.6 Å². The fourth-order valence-corrected chi connectivity index (χ4v) is 2.42. The second-order valence-electron chi connectivity index (χ2n) is 7.40. The standard InChI is InChI=1S/C16H27N3O7/c1-15(2,8-16(3,4)14(25)26)13(24)19-9(12(22)23)5-6-11(21)18-7-10(17)20/h9H,5-8H2,1-4H3,(H2,17,20)(H,18,21)(H,19,24)(H,22,23)(H,25,26). The number of nitrogens with two attached hydrogens (primary N) is 1. The van der Waals surface area contributed by atoms with Crippen LogP contribution in [0.3, 0.4) is 0 Å². The van der Waals surface area contributed by atoms with Gasteiger partial charge in [-0.1, -0.05) is 13.8 Å². The van der Waals surface area contributed by atoms with E-state index in [1.807, 2.05) is 0 Å². The van der Waals surface area contributed by atoms with Crippen molar-refractivity contribution >= 4 is 29.7 Å². The Bertz CT molecular complexity index is 584. The molecule has 0 fully saturated rings. The van der Waals surface area contributed by atoms with Gasteiger partial charge >= 0.3 is 11.9 Å². The van der Waals surface area contributed by atoms with Crippen LogP contribution in [0.15, 0.2) is 0 Å². The van der Waals surface area contributed by atoms with Crippen molar-refractivity contribution in [3.05, 3.63) is 0 Å². The summed E-state index contributed by atoms with van der Waals surface area (Å²) in [7, 11) is 0. The van der Waals surface area contributed by atoms with Crippen LogP contribution < -0.4 is 16.4 Å². The molecule has 26 heavy (non-hydrogen) atoms. The number of carbonyl (C=O) groups excluding carboxylic acids is 3. The smallest absolute Gasteiger partial charge is 0.326 e. The summed E-state index contributed by atoms with van der Waals surface area (Å²) in [6.07, 6.45) is -0.428. The van der Waals surface area contributed by atoms with E-state index < -0.39 is 46.5 Å². The van der Waals surface area contributed by atoms with Gasteiger partial charge in [0.05, 0.1) is 12.0 Å². The van der Waals surface area contributed by atoms with Gasteiger partial charge in [-0.3, -0.25) is 19.2 Å². The summed E-state index contributed by atoms with van der Waals surface area (Å²) in [6, 6.07) is -1.32. The first-order chi connectivity index (χ1) is 11.7. The number of primary amides is 1. The van der Waals surface area contributed by atoms with Crippen molar-refractivity contribution in [3.63, 3.8) is 0 Å². The van der Waals surface area contributed by atoms with Crippen LogP contribution in [0, 0.1) is 10.8 Å². The van der Waals surface area contributed by atoms with E-state index in [2.05, 4.69) is 10.6 Å². The molecule has 0 saturated heterocycles. The molecule has 1 unspecified atom stereocenters. The lowest BCUT2D eigenvalue weighted by Crippen LogP contribution is -2.48. The van der Waals surface area contributed by atoms with Crippen molar-refractivity contribution in [3.8, 4) is 0 Å². The molecule has 0 aromatic rings. The summed E-state index contributed by atoms with van der Waals surface area (Å²) in [4.78, 5) is 57.1. The molecule has 0 aliphatic heterocycles. The highest BCUT2D eigenvalue weighted by Gasteiger charge is 2.40. The maximum absolute atomic E-state index is 12.4. The van der Waals surface area contributed by atoms with Crippen LogP contribution in [0.1, 0.15) is 47.0 Å². The Hall–Kier alpha value is -2.65. The van der Waals surface area contributed by atoms with Gasteiger partial charge in [-0.25, -0.2) is 4.79 Å². The van der Waals surface area contributed by atoms with Gasteiger partial charge in [-0.15, -0.1) is 0 Å². The third kappa shape index (κ3) is 7.95. The van der Waals surface area contributed by atoms with Gasteiger partial charge in [0.15, 0.2) is 0 Å². The fourth-order valence-electron chi connectivity index (χ4n) is 2.42. The molecule has 10 nitrogen and oxygen atoms in total. The van der Waals surface area contributed by atoms with Crippen LogP contribution in [0.25, 0.3) is 0 Å². The van der Waals surface area contributed by atoms with E-state index in [9.17, 15) is 34.2 Å². The second kappa shape index (κ2) is 9.16. The molecule has 6 N–H and O–H groups in total. The van der Waals surface area contributed by atoms with E-state index >= 15 is 0 Å². The molecule has 148 valence electrons. The van der Waals surface area contributed by atoms with E-state index in [-0.39, 0.29) is 25.8 Å². The van der Waals surface area contributed by atoms with Crippen LogP contribution in [0.2, 0.25) is 0 Å². The molecule has 1 atom stereocenters. The number of carboxylic acids is 2. The van der Waals surface area contributed by atoms with E-state index in [4.69, 9.17) is 5.73 Å². The van der Waals surface area contributed by atoms with Gasteiger partial charge in [-0.05, 0) is 26.7 Å². The quantitative estimate of drug-likeness (QED) is 0.323. The zero-order valence-corrected chi connectivity index (χ0v) is 15.4. The molecule has 0 bridgehead atoms. The third-order valence-electron chi connectivity index (χ3n) is 3.80. The molecule has 10 heteroatoms. The SMILES string of the molecule is CC(C)(CC(C)(C)C(=O)NC(CCC(=O)NCC(N)=O)C(=O)O)C(=O)O. The Kier molecular flexibility index (Phi) is 8.23. The lowest BCUT2D eigenvalue weighted by molar-refractivity contribution is -0.151. The predicted molar refractivity (Wildman–Crippen MR) is 90.8 cm³/mol. The summed E-state index contributed by atoms with van der Waals surface area (Å²) < 4.78 is 0. The van der Waals surface area contributed by atoms with Crippen LogP contribution >= 0.6 is 0 Å². The first kappa shape index (κ1) is 23.4. The van der Waals surface area contributed by atoms with Gasteiger partial charge < -0.3 is 26.6 Å². The van der Waals surface area contributed by atoms with Crippen molar-refractivity contribution in [2.24, 2.45) is 16.6 Å². The average Bonchev–Trinajstić information content (AvgIpc) is 2.47. The van der Waals surface area contributed by atoms with Gasteiger partial charge in [-0.2, -0.15) is 0 Å². The minimum absolute atomic E-state index is 0.00734. The highest BCUT2D eigenvalue weighted by molar-refractivity contribution is 5.88. The Morgan fingerprint density at radius 3 is 1.96 bits per heavy atom. The third-order valence-corrected chi connectivity index (χ3v) is 3.80. The molecule has 0 aliphatic rings. The molecule has 0 heterocycles. The minimum atomic E-state index is -1.32. The number of hydrogen-bond donors (Lipinski definition) is 5. The number of carboxylic acid groups (broad SMARTS) is 2. The summed E-state index contributed by atoms with van der Waals surface area (Å²) in [5.41, 5.74) is 2.58. The molecular weight excluding hydrogens is 346 g/mol. The molecule has 0 radical (unpaired) electrons. The summed E-state index contributed by atoms with van der Waals surface area (Å²) in [5.74, 6) is -4.33. The maximum atomic E-state index is 12.4. The summed E-state index contributed by atoms with van der Waals surface area (Å²) in [5, 5.41) is 23.0. The first-order valence-electron chi connectivity index (χ1n) is 8.01. The zero-order chi connectivity index (χ0) is 20.7. The van der Waals surface area contributed by atoms with Crippen molar-refractivity contribution in [2.45, 2.75) is 53.0 Å². The fraction of sp³-hybridized carbons (Fsp3) is 0.688. The van der Waals surface area contributed by atoms with Crippen molar-refractivity contribution < 1.29 is 34.2 Å². The minimum Gasteiger partial charge on any atom is -0.481 e. The Labute approximate surface area is 151 Å². The number of hydrogen-bond acceptors (Lipinski definition) is 5. The van der Waals surface area contributed by atoms with Gasteiger partial charge in [0.2, 0.25) is 17.7 Å². The van der Waals surface area contributed by atoms with E-state index in [1.165, 1.54) is 27.7 Å². The molecule has 3 amide bonds. The number of amides is 3. The van der Waals surface area contributed by atoms with Crippen LogP contribution in [0.4, 0.5) is 0 Å². The molecule has 0 saturated carbocycles. The predicted octanol–water partition coefficient (Wildman–Crippen LogP) is -0.535. The molecule has 0 aromatic carbocycles. The topological polar surface area (TPSA) is 176 Å². The lowest BCUT2D eigenvalue weighted by atomic mass is 9.74. The molecule has 0 aromatic heterocycles. The van der Waals surface area contributed by atoms with Crippen LogP contribution in [-0.2, 0) is 24.0 Å². The van der Waals surface area contributed by atoms with Crippen molar-refractivity contribution in [2.75, 3.05) is 6.54 Å². The van der Waals surface area contributed by atoms with E-state index in [0.29, 0.717) is 0 Å². The van der Waals surface area contributed by atoms with Gasteiger partial charge in [0.1, 0.15) is 6.04 Å². The van der Waals surface area contributed by atoms with Crippen LogP contribution in [0.5, 0.6) is 0 Å². The highest BCUT2D eigenvalue weighted by atomic mass is 16.4. The Morgan fingerprint density at radius 2 is 1.54 bits per heavy atom. The zero-order valence-electron chi connectivity index (χ0n) is 15.4. The first-order valence-corrected chi connectivity index (χ1v) is 8.01. The normalized spacial score (nSPS) is 12.8. The number of rotatable bonds is 11. The highest BCUT2D eigenvalue weighted by Crippen LogP contribution is 2.34. The van der Waals surface area contributed by atoms with Gasteiger partial charge in [0.25, 0.3) is 0 Å². The monoisotopic (exact) mass is 373 g/mol. The summed E-state index contributed by atoms with van der Waals surface area (Å²) in [6.45, 7) is 5.63. The molecule has 0 spiro atoms.